The van der Waals surface area contributed by atoms with Crippen LogP contribution >= 0.6 is 0 Å². The number of rotatable bonds is 8. The van der Waals surface area contributed by atoms with Crippen LogP contribution in [-0.2, 0) is 17.8 Å². The van der Waals surface area contributed by atoms with E-state index in [9.17, 15) is 4.79 Å². The molecule has 0 unspecified atom stereocenters. The number of carbonyl (C=O) groups excluding carboxylic acids is 1. The van der Waals surface area contributed by atoms with Gasteiger partial charge in [0.25, 0.3) is 0 Å². The number of amides is 1. The molecule has 1 aliphatic rings. The summed E-state index contributed by atoms with van der Waals surface area (Å²) in [5.74, 6) is 1.30. The summed E-state index contributed by atoms with van der Waals surface area (Å²) in [6.45, 7) is 0.409. The van der Waals surface area contributed by atoms with Crippen molar-refractivity contribution in [2.75, 3.05) is 7.11 Å². The summed E-state index contributed by atoms with van der Waals surface area (Å²) in [5, 5.41) is 2.92. The molecule has 5 nitrogen and oxygen atoms in total. The number of carbonyl (C=O) groups is 1. The molecular weight excluding hydrogens is 340 g/mol. The van der Waals surface area contributed by atoms with Crippen LogP contribution in [0.3, 0.4) is 0 Å². The van der Waals surface area contributed by atoms with Gasteiger partial charge in [-0.05, 0) is 55.4 Å². The Hall–Kier alpha value is -2.53. The second kappa shape index (κ2) is 9.42. The van der Waals surface area contributed by atoms with E-state index in [1.165, 1.54) is 12.8 Å². The summed E-state index contributed by atoms with van der Waals surface area (Å²) >= 11 is 0. The molecule has 144 valence electrons. The summed E-state index contributed by atoms with van der Waals surface area (Å²) in [6, 6.07) is 15.0. The summed E-state index contributed by atoms with van der Waals surface area (Å²) in [6.07, 6.45) is 5.36. The van der Waals surface area contributed by atoms with Crippen molar-refractivity contribution in [1.29, 1.82) is 0 Å². The first-order valence-corrected chi connectivity index (χ1v) is 9.56. The van der Waals surface area contributed by atoms with Crippen molar-refractivity contribution < 1.29 is 14.3 Å². The van der Waals surface area contributed by atoms with Crippen LogP contribution < -0.4 is 20.5 Å². The van der Waals surface area contributed by atoms with E-state index in [-0.39, 0.29) is 12.0 Å². The number of nitrogens with one attached hydrogen (secondary N) is 1. The molecule has 2 aromatic rings. The van der Waals surface area contributed by atoms with Crippen molar-refractivity contribution in [2.24, 2.45) is 5.73 Å². The minimum atomic E-state index is -0.570. The largest absolute Gasteiger partial charge is 0.493 e. The van der Waals surface area contributed by atoms with E-state index in [4.69, 9.17) is 15.2 Å². The van der Waals surface area contributed by atoms with Crippen molar-refractivity contribution in [2.45, 2.75) is 50.8 Å². The van der Waals surface area contributed by atoms with Crippen LogP contribution in [-0.4, -0.2) is 25.2 Å². The summed E-state index contributed by atoms with van der Waals surface area (Å²) in [5.41, 5.74) is 8.06. The lowest BCUT2D eigenvalue weighted by Gasteiger charge is -2.17. The van der Waals surface area contributed by atoms with E-state index < -0.39 is 6.04 Å². The zero-order valence-corrected chi connectivity index (χ0v) is 15.8. The number of methoxy groups -OCH3 is 1. The van der Waals surface area contributed by atoms with Gasteiger partial charge in [-0.25, -0.2) is 0 Å². The fraction of sp³-hybridized carbons (Fsp3) is 0.409. The standard InChI is InChI=1S/C22H28N2O3/c1-26-20-12-11-17(14-21(20)27-18-9-5-6-10-18)15-24-22(25)19(23)13-16-7-3-2-4-8-16/h2-4,7-8,11-12,14,18-19H,5-6,9-10,13,15,23H2,1H3,(H,24,25)/t19-/m0/s1. The maximum Gasteiger partial charge on any atom is 0.237 e. The van der Waals surface area contributed by atoms with Crippen LogP contribution in [0.2, 0.25) is 0 Å². The summed E-state index contributed by atoms with van der Waals surface area (Å²) < 4.78 is 11.5. The topological polar surface area (TPSA) is 73.6 Å². The number of benzene rings is 2. The van der Waals surface area contributed by atoms with Gasteiger partial charge in [0.2, 0.25) is 5.91 Å². The highest BCUT2D eigenvalue weighted by Gasteiger charge is 2.19. The van der Waals surface area contributed by atoms with Gasteiger partial charge in [0.1, 0.15) is 0 Å². The van der Waals surface area contributed by atoms with Crippen LogP contribution in [0.1, 0.15) is 36.8 Å². The molecule has 0 saturated heterocycles. The second-order valence-corrected chi connectivity index (χ2v) is 7.02. The number of ether oxygens (including phenoxy) is 2. The van der Waals surface area contributed by atoms with Gasteiger partial charge in [0.05, 0.1) is 19.3 Å². The molecule has 3 N–H and O–H groups in total. The first-order chi connectivity index (χ1) is 13.2. The lowest BCUT2D eigenvalue weighted by molar-refractivity contribution is -0.122. The minimum absolute atomic E-state index is 0.159. The van der Waals surface area contributed by atoms with Crippen molar-refractivity contribution >= 4 is 5.91 Å². The molecule has 0 radical (unpaired) electrons. The van der Waals surface area contributed by atoms with Gasteiger partial charge in [0, 0.05) is 6.54 Å². The fourth-order valence-corrected chi connectivity index (χ4v) is 3.39. The molecule has 0 aromatic heterocycles. The van der Waals surface area contributed by atoms with E-state index in [1.54, 1.807) is 7.11 Å². The van der Waals surface area contributed by atoms with Crippen LogP contribution in [0.5, 0.6) is 11.5 Å². The van der Waals surface area contributed by atoms with Gasteiger partial charge in [-0.1, -0.05) is 36.4 Å². The Morgan fingerprint density at radius 2 is 1.85 bits per heavy atom. The van der Waals surface area contributed by atoms with Gasteiger partial charge < -0.3 is 20.5 Å². The third-order valence-corrected chi connectivity index (χ3v) is 4.93. The second-order valence-electron chi connectivity index (χ2n) is 7.02. The maximum atomic E-state index is 12.3. The molecule has 0 aliphatic heterocycles. The maximum absolute atomic E-state index is 12.3. The van der Waals surface area contributed by atoms with Crippen LogP contribution in [0, 0.1) is 0 Å². The number of nitrogens with two attached hydrogens (primary N) is 1. The fourth-order valence-electron chi connectivity index (χ4n) is 3.39. The molecule has 1 atom stereocenters. The molecule has 0 heterocycles. The highest BCUT2D eigenvalue weighted by molar-refractivity contribution is 5.81. The minimum Gasteiger partial charge on any atom is -0.493 e. The molecule has 1 fully saturated rings. The third-order valence-electron chi connectivity index (χ3n) is 4.93. The van der Waals surface area contributed by atoms with Crippen LogP contribution in [0.25, 0.3) is 0 Å². The molecule has 3 rings (SSSR count). The predicted molar refractivity (Wildman–Crippen MR) is 106 cm³/mol. The van der Waals surface area contributed by atoms with E-state index >= 15 is 0 Å². The smallest absolute Gasteiger partial charge is 0.237 e. The predicted octanol–water partition coefficient (Wildman–Crippen LogP) is 3.20. The van der Waals surface area contributed by atoms with Crippen molar-refractivity contribution in [3.05, 3.63) is 59.7 Å². The number of hydrogen-bond acceptors (Lipinski definition) is 4. The lowest BCUT2D eigenvalue weighted by Crippen LogP contribution is -2.41. The van der Waals surface area contributed by atoms with Crippen LogP contribution in [0.4, 0.5) is 0 Å². The van der Waals surface area contributed by atoms with Gasteiger partial charge in [-0.3, -0.25) is 4.79 Å². The molecule has 2 aromatic carbocycles. The van der Waals surface area contributed by atoms with E-state index in [1.807, 2.05) is 48.5 Å². The van der Waals surface area contributed by atoms with E-state index in [0.29, 0.717) is 13.0 Å². The Balaban J connectivity index is 1.57. The highest BCUT2D eigenvalue weighted by Crippen LogP contribution is 2.32. The first-order valence-electron chi connectivity index (χ1n) is 9.56. The summed E-state index contributed by atoms with van der Waals surface area (Å²) in [4.78, 5) is 12.3. The molecule has 1 aliphatic carbocycles. The Bertz CT molecular complexity index is 742. The average Bonchev–Trinajstić information content (AvgIpc) is 3.20. The van der Waals surface area contributed by atoms with E-state index in [2.05, 4.69) is 5.32 Å². The molecule has 5 heteroatoms. The SMILES string of the molecule is COc1ccc(CNC(=O)[C@@H](N)Cc2ccccc2)cc1OC1CCCC1. The zero-order chi connectivity index (χ0) is 19.1. The van der Waals surface area contributed by atoms with Gasteiger partial charge in [-0.2, -0.15) is 0 Å². The van der Waals surface area contributed by atoms with Crippen LogP contribution in [0.15, 0.2) is 48.5 Å². The van der Waals surface area contributed by atoms with Gasteiger partial charge >= 0.3 is 0 Å². The summed E-state index contributed by atoms with van der Waals surface area (Å²) in [7, 11) is 1.64. The van der Waals surface area contributed by atoms with Gasteiger partial charge in [-0.15, -0.1) is 0 Å². The van der Waals surface area contributed by atoms with E-state index in [0.717, 1.165) is 35.5 Å². The molecule has 0 spiro atoms. The lowest BCUT2D eigenvalue weighted by atomic mass is 10.1. The third kappa shape index (κ3) is 5.47. The molecule has 27 heavy (non-hydrogen) atoms. The van der Waals surface area contributed by atoms with Crippen molar-refractivity contribution in [3.8, 4) is 11.5 Å². The Morgan fingerprint density at radius 3 is 2.56 bits per heavy atom. The highest BCUT2D eigenvalue weighted by atomic mass is 16.5. The van der Waals surface area contributed by atoms with Gasteiger partial charge in [0.15, 0.2) is 11.5 Å². The molecule has 1 saturated carbocycles. The normalized spacial score (nSPS) is 15.3. The van der Waals surface area contributed by atoms with Crippen molar-refractivity contribution in [3.63, 3.8) is 0 Å². The molecule has 0 bridgehead atoms. The number of hydrogen-bond donors (Lipinski definition) is 2. The first kappa shape index (κ1) is 19.2. The Labute approximate surface area is 160 Å². The Kier molecular flexibility index (Phi) is 6.71. The molecular formula is C22H28N2O3. The average molecular weight is 368 g/mol. The monoisotopic (exact) mass is 368 g/mol. The quantitative estimate of drug-likeness (QED) is 0.750. The molecule has 1 amide bonds. The van der Waals surface area contributed by atoms with Crippen molar-refractivity contribution in [1.82, 2.24) is 5.32 Å². The zero-order valence-electron chi connectivity index (χ0n) is 15.8. The Morgan fingerprint density at radius 1 is 1.11 bits per heavy atom.